The third-order valence-corrected chi connectivity index (χ3v) is 8.87. The van der Waals surface area contributed by atoms with E-state index in [4.69, 9.17) is 16.3 Å². The smallest absolute Gasteiger partial charge is 0.253 e. The second-order valence-electron chi connectivity index (χ2n) is 11.3. The van der Waals surface area contributed by atoms with Gasteiger partial charge < -0.3 is 25.3 Å². The molecular weight excluding hydrogens is 607 g/mol. The summed E-state index contributed by atoms with van der Waals surface area (Å²) in [5.74, 6) is -0.308. The van der Waals surface area contributed by atoms with Crippen LogP contribution in [0.3, 0.4) is 0 Å². The first-order valence-corrected chi connectivity index (χ1v) is 15.2. The van der Waals surface area contributed by atoms with Crippen molar-refractivity contribution in [2.45, 2.75) is 12.8 Å². The van der Waals surface area contributed by atoms with Crippen LogP contribution in [0.25, 0.3) is 54.6 Å². The summed E-state index contributed by atoms with van der Waals surface area (Å²) in [6.07, 6.45) is 5.18. The van der Waals surface area contributed by atoms with Crippen LogP contribution in [0.2, 0.25) is 5.15 Å². The van der Waals surface area contributed by atoms with E-state index in [0.29, 0.717) is 40.6 Å². The second kappa shape index (κ2) is 10.8. The number of ether oxygens (including phenoxy) is 1. The van der Waals surface area contributed by atoms with Gasteiger partial charge in [-0.15, -0.1) is 0 Å². The van der Waals surface area contributed by atoms with Crippen LogP contribution in [-0.2, 0) is 12.8 Å². The maximum atomic E-state index is 14.1. The molecule has 0 atom stereocenters. The third kappa shape index (κ3) is 4.52. The molecule has 6 heterocycles. The van der Waals surface area contributed by atoms with Gasteiger partial charge in [0.1, 0.15) is 5.15 Å². The summed E-state index contributed by atoms with van der Waals surface area (Å²) in [4.78, 5) is 39.8. The number of nitrogens with zero attached hydrogens (tertiary/aromatic N) is 2. The van der Waals surface area contributed by atoms with Crippen LogP contribution in [0.1, 0.15) is 32.1 Å². The lowest BCUT2D eigenvalue weighted by Crippen LogP contribution is -2.31. The number of carbonyl (C=O) groups is 2. The highest BCUT2D eigenvalue weighted by Crippen LogP contribution is 2.34. The van der Waals surface area contributed by atoms with Crippen molar-refractivity contribution in [1.29, 1.82) is 0 Å². The minimum Gasteiger partial charge on any atom is -0.494 e. The Morgan fingerprint density at radius 3 is 2.46 bits per heavy atom. The Bertz CT molecular complexity index is 2400. The number of aromatic nitrogens is 4. The monoisotopic (exact) mass is 632 g/mol. The molecule has 228 valence electrons. The van der Waals surface area contributed by atoms with Crippen molar-refractivity contribution < 1.29 is 18.7 Å². The van der Waals surface area contributed by atoms with E-state index in [9.17, 15) is 14.0 Å². The lowest BCUT2D eigenvalue weighted by molar-refractivity contribution is 0.0939. The van der Waals surface area contributed by atoms with Gasteiger partial charge in [0.2, 0.25) is 0 Å². The number of halogens is 2. The van der Waals surface area contributed by atoms with Gasteiger partial charge in [0, 0.05) is 81.9 Å². The number of hydrogen-bond acceptors (Lipinski definition) is 5. The van der Waals surface area contributed by atoms with Crippen LogP contribution in [0.4, 0.5) is 4.39 Å². The number of aromatic amines is 2. The number of pyridine rings is 2. The van der Waals surface area contributed by atoms with E-state index in [-0.39, 0.29) is 17.6 Å². The fourth-order valence-electron chi connectivity index (χ4n) is 6.46. The molecule has 0 saturated heterocycles. The summed E-state index contributed by atoms with van der Waals surface area (Å²) >= 11 is 6.01. The normalized spacial score (nSPS) is 14.1. The first-order chi connectivity index (χ1) is 22.4. The minimum atomic E-state index is -0.429. The highest BCUT2D eigenvalue weighted by Gasteiger charge is 2.25. The maximum Gasteiger partial charge on any atom is 0.253 e. The van der Waals surface area contributed by atoms with Crippen LogP contribution in [0.5, 0.6) is 5.75 Å². The Hall–Kier alpha value is -5.48. The van der Waals surface area contributed by atoms with Crippen molar-refractivity contribution >= 4 is 66.8 Å². The van der Waals surface area contributed by atoms with Crippen molar-refractivity contribution in [2.24, 2.45) is 0 Å². The first-order valence-electron chi connectivity index (χ1n) is 14.8. The van der Waals surface area contributed by atoms with Crippen LogP contribution in [0, 0.1) is 5.82 Å². The Balaban J connectivity index is 0.000000144. The molecule has 46 heavy (non-hydrogen) atoms. The summed E-state index contributed by atoms with van der Waals surface area (Å²) in [6, 6.07) is 16.4. The summed E-state index contributed by atoms with van der Waals surface area (Å²) in [5, 5.41) is 12.0. The lowest BCUT2D eigenvalue weighted by Gasteiger charge is -2.11. The molecule has 9 nitrogen and oxygen atoms in total. The summed E-state index contributed by atoms with van der Waals surface area (Å²) < 4.78 is 19.1. The molecule has 9 rings (SSSR count). The molecule has 4 aromatic heterocycles. The number of rotatable bonds is 2. The summed E-state index contributed by atoms with van der Waals surface area (Å²) in [6.45, 7) is 1.29. The molecule has 2 aliphatic heterocycles. The summed E-state index contributed by atoms with van der Waals surface area (Å²) in [5.41, 5.74) is 6.36. The molecule has 2 aliphatic rings. The van der Waals surface area contributed by atoms with Crippen LogP contribution < -0.4 is 15.4 Å². The van der Waals surface area contributed by atoms with Crippen LogP contribution in [0.15, 0.2) is 67.0 Å². The molecular formula is C35H26ClFN6O3. The molecule has 0 aliphatic carbocycles. The van der Waals surface area contributed by atoms with E-state index >= 15 is 0 Å². The highest BCUT2D eigenvalue weighted by molar-refractivity contribution is 6.30. The van der Waals surface area contributed by atoms with Gasteiger partial charge in [-0.3, -0.25) is 19.6 Å². The number of fused-ring (bicyclic) bond motifs is 10. The van der Waals surface area contributed by atoms with Gasteiger partial charge in [0.05, 0.1) is 40.7 Å². The number of carbonyl (C=O) groups excluding carboxylic acids is 2. The number of amides is 2. The standard InChI is InChI=1S/C21H16FN3O2.C14H10ClN3O/c1-27-18-5-3-11(8-15(18)22)17-9-14-12(10-24-17)2-4-13-19-16(25-20(13)14)6-7-23-21(19)26;15-11-5-9-7(6-17-11)1-2-8-12-10(18-13(8)9)3-4-16-14(12)19/h2-5,8-10,25H,6-7H2,1H3,(H,23,26);1-2,5-6,17H,3-4H2,(H,16,19). The molecule has 0 bridgehead atoms. The predicted molar refractivity (Wildman–Crippen MR) is 176 cm³/mol. The quantitative estimate of drug-likeness (QED) is 0.163. The Morgan fingerprint density at radius 2 is 1.63 bits per heavy atom. The lowest BCUT2D eigenvalue weighted by atomic mass is 10.0. The van der Waals surface area contributed by atoms with Crippen molar-refractivity contribution in [2.75, 3.05) is 20.2 Å². The first kappa shape index (κ1) is 28.0. The van der Waals surface area contributed by atoms with Gasteiger partial charge in [0.15, 0.2) is 11.6 Å². The van der Waals surface area contributed by atoms with Gasteiger partial charge in [-0.05, 0) is 30.3 Å². The van der Waals surface area contributed by atoms with E-state index in [2.05, 4.69) is 30.6 Å². The van der Waals surface area contributed by atoms with Crippen molar-refractivity contribution in [3.05, 3.63) is 100 Å². The highest BCUT2D eigenvalue weighted by atomic mass is 35.5. The molecule has 0 spiro atoms. The van der Waals surface area contributed by atoms with Crippen molar-refractivity contribution in [3.63, 3.8) is 0 Å². The van der Waals surface area contributed by atoms with Crippen molar-refractivity contribution in [1.82, 2.24) is 30.6 Å². The molecule has 11 heteroatoms. The van der Waals surface area contributed by atoms with E-state index < -0.39 is 5.82 Å². The van der Waals surface area contributed by atoms with Crippen molar-refractivity contribution in [3.8, 4) is 17.0 Å². The molecule has 7 aromatic rings. The van der Waals surface area contributed by atoms with E-state index in [1.54, 1.807) is 18.3 Å². The fraction of sp³-hybridized carbons (Fsp3) is 0.143. The molecule has 0 radical (unpaired) electrons. The van der Waals surface area contributed by atoms with E-state index in [1.807, 2.05) is 42.6 Å². The van der Waals surface area contributed by atoms with Gasteiger partial charge in [-0.2, -0.15) is 0 Å². The Kier molecular flexibility index (Phi) is 6.61. The average molecular weight is 633 g/mol. The molecule has 0 fully saturated rings. The average Bonchev–Trinajstić information content (AvgIpc) is 3.65. The van der Waals surface area contributed by atoms with Crippen LogP contribution in [-0.4, -0.2) is 51.9 Å². The second-order valence-corrected chi connectivity index (χ2v) is 11.7. The topological polar surface area (TPSA) is 125 Å². The van der Waals surface area contributed by atoms with Crippen LogP contribution >= 0.6 is 11.6 Å². The predicted octanol–water partition coefficient (Wildman–Crippen LogP) is 6.47. The SMILES string of the molecule is COc1ccc(-c2cc3c(ccc4c5c([nH]c43)CCNC5=O)cn2)cc1F.O=C1NCCc2nc3c(ccc4c[nH]c(Cl)cc43)c21. The molecule has 0 saturated carbocycles. The minimum absolute atomic E-state index is 0.0308. The molecule has 4 N–H and O–H groups in total. The van der Waals surface area contributed by atoms with Gasteiger partial charge in [-0.25, -0.2) is 4.39 Å². The molecule has 0 unspecified atom stereocenters. The number of methoxy groups -OCH3 is 1. The van der Waals surface area contributed by atoms with Gasteiger partial charge in [-0.1, -0.05) is 35.9 Å². The number of H-pyrrole nitrogens is 2. The molecule has 3 aromatic carbocycles. The summed E-state index contributed by atoms with van der Waals surface area (Å²) in [7, 11) is 1.44. The number of nitrogens with one attached hydrogen (secondary N) is 4. The van der Waals surface area contributed by atoms with E-state index in [1.165, 1.54) is 13.2 Å². The molecule has 2 amide bonds. The van der Waals surface area contributed by atoms with Gasteiger partial charge >= 0.3 is 0 Å². The Morgan fingerprint density at radius 1 is 0.848 bits per heavy atom. The number of benzene rings is 3. The van der Waals surface area contributed by atoms with E-state index in [0.717, 1.165) is 67.6 Å². The largest absolute Gasteiger partial charge is 0.494 e. The zero-order chi connectivity index (χ0) is 31.5. The maximum absolute atomic E-state index is 14.1. The zero-order valence-electron chi connectivity index (χ0n) is 24.6. The zero-order valence-corrected chi connectivity index (χ0v) is 25.3. The third-order valence-electron chi connectivity index (χ3n) is 8.65. The number of hydrogen-bond donors (Lipinski definition) is 4. The Labute approximate surface area is 266 Å². The van der Waals surface area contributed by atoms with Gasteiger partial charge in [0.25, 0.3) is 11.8 Å². The fourth-order valence-corrected chi connectivity index (χ4v) is 6.62.